The zero-order chi connectivity index (χ0) is 17.8. The Labute approximate surface area is 153 Å². The number of likely N-dealkylation sites (tertiary alicyclic amines) is 1. The standard InChI is InChI=1S/C20H23N3O3/c24-19(16-5-10-21-11-6-16)23-12-7-17-20(14-23,8-3-13-25-17)15-26-18-4-1-2-9-22-18/h1-2,4-6,9-11,17H,3,7-8,12-15H2/t17-,20+/m1/s1. The fourth-order valence-electron chi connectivity index (χ4n) is 4.00. The first-order valence-electron chi connectivity index (χ1n) is 9.12. The van der Waals surface area contributed by atoms with Crippen molar-refractivity contribution >= 4 is 5.91 Å². The van der Waals surface area contributed by atoms with Crippen LogP contribution in [0.2, 0.25) is 0 Å². The number of fused-ring (bicyclic) bond motifs is 1. The summed E-state index contributed by atoms with van der Waals surface area (Å²) in [5.74, 6) is 0.664. The van der Waals surface area contributed by atoms with Crippen LogP contribution in [0, 0.1) is 5.41 Å². The molecule has 0 unspecified atom stereocenters. The Morgan fingerprint density at radius 2 is 2.15 bits per heavy atom. The Balaban J connectivity index is 1.52. The Hall–Kier alpha value is -2.47. The van der Waals surface area contributed by atoms with Gasteiger partial charge in [-0.3, -0.25) is 9.78 Å². The Morgan fingerprint density at radius 1 is 1.27 bits per heavy atom. The van der Waals surface area contributed by atoms with E-state index in [1.807, 2.05) is 23.1 Å². The number of ether oxygens (including phenoxy) is 2. The first-order chi connectivity index (χ1) is 12.8. The molecule has 0 aliphatic carbocycles. The van der Waals surface area contributed by atoms with Crippen molar-refractivity contribution in [3.63, 3.8) is 0 Å². The van der Waals surface area contributed by atoms with Gasteiger partial charge in [-0.05, 0) is 37.5 Å². The highest BCUT2D eigenvalue weighted by atomic mass is 16.5. The maximum absolute atomic E-state index is 12.9. The lowest BCUT2D eigenvalue weighted by molar-refractivity contribution is -0.133. The molecule has 0 bridgehead atoms. The van der Waals surface area contributed by atoms with Gasteiger partial charge in [0.05, 0.1) is 12.7 Å². The summed E-state index contributed by atoms with van der Waals surface area (Å²) < 4.78 is 12.1. The minimum Gasteiger partial charge on any atom is -0.477 e. The van der Waals surface area contributed by atoms with E-state index in [2.05, 4.69) is 9.97 Å². The second-order valence-corrected chi connectivity index (χ2v) is 7.03. The molecule has 4 heterocycles. The van der Waals surface area contributed by atoms with Crippen molar-refractivity contribution in [2.24, 2.45) is 5.41 Å². The van der Waals surface area contributed by atoms with Crippen LogP contribution in [0.5, 0.6) is 5.88 Å². The van der Waals surface area contributed by atoms with Gasteiger partial charge in [0.2, 0.25) is 5.88 Å². The molecule has 0 aromatic carbocycles. The van der Waals surface area contributed by atoms with Crippen LogP contribution in [0.4, 0.5) is 0 Å². The van der Waals surface area contributed by atoms with E-state index >= 15 is 0 Å². The average molecular weight is 353 g/mol. The molecule has 136 valence electrons. The molecule has 0 N–H and O–H groups in total. The van der Waals surface area contributed by atoms with E-state index < -0.39 is 0 Å². The van der Waals surface area contributed by atoms with E-state index in [1.165, 1.54) is 0 Å². The Kier molecular flexibility index (Phi) is 4.84. The van der Waals surface area contributed by atoms with Crippen molar-refractivity contribution in [1.29, 1.82) is 0 Å². The summed E-state index contributed by atoms with van der Waals surface area (Å²) in [4.78, 5) is 23.1. The topological polar surface area (TPSA) is 64.6 Å². The highest BCUT2D eigenvalue weighted by Crippen LogP contribution is 2.40. The lowest BCUT2D eigenvalue weighted by atomic mass is 9.73. The number of hydrogen-bond acceptors (Lipinski definition) is 5. The highest BCUT2D eigenvalue weighted by molar-refractivity contribution is 5.94. The van der Waals surface area contributed by atoms with Crippen LogP contribution in [-0.2, 0) is 4.74 Å². The van der Waals surface area contributed by atoms with Crippen LogP contribution in [0.25, 0.3) is 0 Å². The second-order valence-electron chi connectivity index (χ2n) is 7.03. The van der Waals surface area contributed by atoms with Gasteiger partial charge in [-0.2, -0.15) is 0 Å². The predicted molar refractivity (Wildman–Crippen MR) is 95.9 cm³/mol. The molecule has 4 rings (SSSR count). The van der Waals surface area contributed by atoms with E-state index in [0.29, 0.717) is 31.1 Å². The molecule has 2 aromatic heterocycles. The van der Waals surface area contributed by atoms with Gasteiger partial charge in [0.25, 0.3) is 5.91 Å². The number of rotatable bonds is 4. The molecule has 1 amide bonds. The molecule has 6 nitrogen and oxygen atoms in total. The molecule has 2 aromatic rings. The zero-order valence-electron chi connectivity index (χ0n) is 14.7. The predicted octanol–water partition coefficient (Wildman–Crippen LogP) is 2.57. The molecule has 2 atom stereocenters. The largest absolute Gasteiger partial charge is 0.477 e. The van der Waals surface area contributed by atoms with Crippen LogP contribution in [0.3, 0.4) is 0 Å². The number of hydrogen-bond donors (Lipinski definition) is 0. The number of amides is 1. The molecular weight excluding hydrogens is 330 g/mol. The van der Waals surface area contributed by atoms with Crippen molar-refractivity contribution < 1.29 is 14.3 Å². The molecule has 6 heteroatoms. The van der Waals surface area contributed by atoms with Gasteiger partial charge >= 0.3 is 0 Å². The quantitative estimate of drug-likeness (QED) is 0.845. The summed E-state index contributed by atoms with van der Waals surface area (Å²) >= 11 is 0. The average Bonchev–Trinajstić information content (AvgIpc) is 2.73. The second kappa shape index (κ2) is 7.41. The summed E-state index contributed by atoms with van der Waals surface area (Å²) in [6.07, 6.45) is 7.98. The van der Waals surface area contributed by atoms with Crippen LogP contribution >= 0.6 is 0 Å². The number of aromatic nitrogens is 2. The molecule has 0 spiro atoms. The minimum absolute atomic E-state index is 0.0497. The lowest BCUT2D eigenvalue weighted by Crippen LogP contribution is -2.58. The summed E-state index contributed by atoms with van der Waals surface area (Å²) in [6.45, 7) is 2.64. The van der Waals surface area contributed by atoms with Gasteiger partial charge < -0.3 is 14.4 Å². The number of piperidine rings is 1. The van der Waals surface area contributed by atoms with Crippen molar-refractivity contribution in [3.8, 4) is 5.88 Å². The molecule has 2 aliphatic heterocycles. The molecular formula is C20H23N3O3. The van der Waals surface area contributed by atoms with Gasteiger partial charge in [-0.25, -0.2) is 4.98 Å². The number of carbonyl (C=O) groups excluding carboxylic acids is 1. The minimum atomic E-state index is -0.184. The van der Waals surface area contributed by atoms with Crippen molar-refractivity contribution in [2.45, 2.75) is 25.4 Å². The fourth-order valence-corrected chi connectivity index (χ4v) is 4.00. The van der Waals surface area contributed by atoms with Gasteiger partial charge in [0.1, 0.15) is 0 Å². The molecule has 2 saturated heterocycles. The van der Waals surface area contributed by atoms with Crippen LogP contribution in [-0.4, -0.2) is 53.2 Å². The van der Waals surface area contributed by atoms with E-state index in [4.69, 9.17) is 9.47 Å². The number of nitrogens with zero attached hydrogens (tertiary/aromatic N) is 3. The zero-order valence-corrected chi connectivity index (χ0v) is 14.7. The lowest BCUT2D eigenvalue weighted by Gasteiger charge is -2.50. The Morgan fingerprint density at radius 3 is 2.96 bits per heavy atom. The first kappa shape index (κ1) is 17.0. The summed E-state index contributed by atoms with van der Waals surface area (Å²) in [5, 5.41) is 0. The van der Waals surface area contributed by atoms with E-state index in [9.17, 15) is 4.79 Å². The van der Waals surface area contributed by atoms with Gasteiger partial charge in [0, 0.05) is 55.3 Å². The number of carbonyl (C=O) groups is 1. The highest BCUT2D eigenvalue weighted by Gasteiger charge is 2.47. The Bertz CT molecular complexity index is 740. The third kappa shape index (κ3) is 3.42. The van der Waals surface area contributed by atoms with Crippen molar-refractivity contribution in [3.05, 3.63) is 54.5 Å². The summed E-state index contributed by atoms with van der Waals surface area (Å²) in [7, 11) is 0. The van der Waals surface area contributed by atoms with E-state index in [1.54, 1.807) is 30.7 Å². The third-order valence-electron chi connectivity index (χ3n) is 5.35. The van der Waals surface area contributed by atoms with E-state index in [0.717, 1.165) is 25.9 Å². The van der Waals surface area contributed by atoms with Gasteiger partial charge in [-0.1, -0.05) is 6.07 Å². The molecule has 26 heavy (non-hydrogen) atoms. The first-order valence-corrected chi connectivity index (χ1v) is 9.12. The SMILES string of the molecule is O=C(c1ccncc1)N1CC[C@H]2OCCC[C@@]2(COc2ccccn2)C1. The monoisotopic (exact) mass is 353 g/mol. The van der Waals surface area contributed by atoms with Crippen LogP contribution in [0.15, 0.2) is 48.9 Å². The summed E-state index contributed by atoms with van der Waals surface area (Å²) in [6, 6.07) is 9.17. The fraction of sp³-hybridized carbons (Fsp3) is 0.450. The van der Waals surface area contributed by atoms with Gasteiger partial charge in [-0.15, -0.1) is 0 Å². The molecule has 0 radical (unpaired) electrons. The molecule has 0 saturated carbocycles. The van der Waals surface area contributed by atoms with Gasteiger partial charge in [0.15, 0.2) is 0 Å². The maximum atomic E-state index is 12.9. The van der Waals surface area contributed by atoms with Crippen molar-refractivity contribution in [2.75, 3.05) is 26.3 Å². The van der Waals surface area contributed by atoms with E-state index in [-0.39, 0.29) is 17.4 Å². The molecule has 2 aliphatic rings. The third-order valence-corrected chi connectivity index (χ3v) is 5.35. The summed E-state index contributed by atoms with van der Waals surface area (Å²) in [5.41, 5.74) is 0.493. The normalized spacial score (nSPS) is 25.4. The van der Waals surface area contributed by atoms with Crippen LogP contribution in [0.1, 0.15) is 29.6 Å². The molecule has 2 fully saturated rings. The maximum Gasteiger partial charge on any atom is 0.253 e. The van der Waals surface area contributed by atoms with Crippen LogP contribution < -0.4 is 4.74 Å². The smallest absolute Gasteiger partial charge is 0.253 e. The number of pyridine rings is 2. The van der Waals surface area contributed by atoms with Crippen molar-refractivity contribution in [1.82, 2.24) is 14.9 Å².